The predicted molar refractivity (Wildman–Crippen MR) is 71.7 cm³/mol. The monoisotopic (exact) mass is 228 g/mol. The molecule has 2 heteroatoms. The minimum Gasteiger partial charge on any atom is -0.413 e. The molecule has 0 saturated heterocycles. The molecule has 0 saturated carbocycles. The van der Waals surface area contributed by atoms with Gasteiger partial charge in [-0.3, -0.25) is 0 Å². The van der Waals surface area contributed by atoms with Crippen LogP contribution in [0, 0.1) is 5.92 Å². The molecule has 0 rings (SSSR count). The van der Waals surface area contributed by atoms with Crippen molar-refractivity contribution in [3.05, 3.63) is 12.7 Å². The molecule has 0 N–H and O–H groups in total. The topological polar surface area (TPSA) is 9.23 Å². The van der Waals surface area contributed by atoms with Gasteiger partial charge in [0.25, 0.3) is 0 Å². The minimum atomic E-state index is -1.62. The molecular weight excluding hydrogens is 200 g/mol. The highest BCUT2D eigenvalue weighted by Gasteiger charge is 2.39. The fourth-order valence-electron chi connectivity index (χ4n) is 1.18. The van der Waals surface area contributed by atoms with Gasteiger partial charge in [-0.25, -0.2) is 0 Å². The lowest BCUT2D eigenvalue weighted by Gasteiger charge is -2.40. The van der Waals surface area contributed by atoms with E-state index in [1.54, 1.807) is 0 Å². The maximum absolute atomic E-state index is 6.37. The highest BCUT2D eigenvalue weighted by molar-refractivity contribution is 6.74. The minimum absolute atomic E-state index is 0.293. The summed E-state index contributed by atoms with van der Waals surface area (Å²) in [4.78, 5) is 0. The predicted octanol–water partition coefficient (Wildman–Crippen LogP) is 4.61. The van der Waals surface area contributed by atoms with E-state index in [1.165, 1.54) is 0 Å². The quantitative estimate of drug-likeness (QED) is 0.493. The van der Waals surface area contributed by atoms with Gasteiger partial charge in [0, 0.05) is 0 Å². The first-order valence-corrected chi connectivity index (χ1v) is 8.81. The smallest absolute Gasteiger partial charge is 0.192 e. The van der Waals surface area contributed by atoms with Crippen LogP contribution < -0.4 is 0 Å². The van der Waals surface area contributed by atoms with E-state index in [9.17, 15) is 0 Å². The summed E-state index contributed by atoms with van der Waals surface area (Å²) in [6.07, 6.45) is 3.27. The molecule has 0 aliphatic rings. The van der Waals surface area contributed by atoms with Crippen molar-refractivity contribution in [3.8, 4) is 0 Å². The molecule has 1 atom stereocenters. The molecule has 1 nitrogen and oxygen atoms in total. The summed E-state index contributed by atoms with van der Waals surface area (Å²) in [7, 11) is -1.62. The lowest BCUT2D eigenvalue weighted by molar-refractivity contribution is 0.136. The van der Waals surface area contributed by atoms with Crippen LogP contribution >= 0.6 is 0 Å². The number of rotatable bonds is 5. The lowest BCUT2D eigenvalue weighted by Crippen LogP contribution is -2.45. The average molecular weight is 228 g/mol. The van der Waals surface area contributed by atoms with E-state index in [4.69, 9.17) is 4.43 Å². The van der Waals surface area contributed by atoms with Crippen molar-refractivity contribution >= 4 is 8.32 Å². The SMILES string of the molecule is C=CCC(O[Si](C)(C)C(C)(C)C)C(C)C. The normalized spacial score (nSPS) is 15.5. The summed E-state index contributed by atoms with van der Waals surface area (Å²) < 4.78 is 6.37. The molecule has 90 valence electrons. The molecule has 0 aliphatic carbocycles. The summed E-state index contributed by atoms with van der Waals surface area (Å²) in [5.41, 5.74) is 0. The van der Waals surface area contributed by atoms with Crippen LogP contribution in [0.15, 0.2) is 12.7 Å². The Labute approximate surface area is 97.0 Å². The van der Waals surface area contributed by atoms with E-state index < -0.39 is 8.32 Å². The molecule has 0 aliphatic heterocycles. The Morgan fingerprint density at radius 1 is 1.27 bits per heavy atom. The molecule has 0 spiro atoms. The first kappa shape index (κ1) is 14.9. The van der Waals surface area contributed by atoms with Crippen LogP contribution in [0.3, 0.4) is 0 Å². The van der Waals surface area contributed by atoms with Gasteiger partial charge < -0.3 is 4.43 Å². The van der Waals surface area contributed by atoms with E-state index in [-0.39, 0.29) is 0 Å². The van der Waals surface area contributed by atoms with Gasteiger partial charge in [0.1, 0.15) is 0 Å². The maximum atomic E-state index is 6.37. The zero-order valence-electron chi connectivity index (χ0n) is 11.6. The largest absolute Gasteiger partial charge is 0.413 e. The van der Waals surface area contributed by atoms with Crippen LogP contribution in [-0.2, 0) is 4.43 Å². The summed E-state index contributed by atoms with van der Waals surface area (Å²) >= 11 is 0. The van der Waals surface area contributed by atoms with E-state index in [1.807, 2.05) is 6.08 Å². The van der Waals surface area contributed by atoms with Crippen LogP contribution in [0.1, 0.15) is 41.0 Å². The molecule has 0 bridgehead atoms. The molecule has 0 fully saturated rings. The summed E-state index contributed by atoms with van der Waals surface area (Å²) in [6.45, 7) is 19.7. The van der Waals surface area contributed by atoms with Crippen LogP contribution in [0.5, 0.6) is 0 Å². The zero-order chi connectivity index (χ0) is 12.3. The van der Waals surface area contributed by atoms with E-state index in [2.05, 4.69) is 54.3 Å². The van der Waals surface area contributed by atoms with Gasteiger partial charge in [-0.15, -0.1) is 6.58 Å². The van der Waals surface area contributed by atoms with Gasteiger partial charge in [-0.05, 0) is 30.5 Å². The second-order valence-electron chi connectivity index (χ2n) is 6.19. The van der Waals surface area contributed by atoms with E-state index in [0.29, 0.717) is 17.1 Å². The Hall–Kier alpha value is -0.0831. The second-order valence-corrected chi connectivity index (χ2v) is 10.9. The third-order valence-electron chi connectivity index (χ3n) is 3.39. The first-order chi connectivity index (χ1) is 6.62. The number of hydrogen-bond acceptors (Lipinski definition) is 1. The maximum Gasteiger partial charge on any atom is 0.192 e. The molecule has 0 heterocycles. The molecule has 0 aromatic heterocycles. The Kier molecular flexibility index (Phi) is 5.28. The molecule has 1 unspecified atom stereocenters. The third kappa shape index (κ3) is 4.52. The zero-order valence-corrected chi connectivity index (χ0v) is 12.6. The highest BCUT2D eigenvalue weighted by atomic mass is 28.4. The fraction of sp³-hybridized carbons (Fsp3) is 0.846. The van der Waals surface area contributed by atoms with Gasteiger partial charge in [0.05, 0.1) is 6.10 Å². The number of hydrogen-bond donors (Lipinski definition) is 0. The van der Waals surface area contributed by atoms with Crippen molar-refractivity contribution in [1.82, 2.24) is 0 Å². The molecule has 0 aromatic carbocycles. The van der Waals surface area contributed by atoms with Crippen molar-refractivity contribution in [3.63, 3.8) is 0 Å². The Bertz CT molecular complexity index is 201. The molecule has 15 heavy (non-hydrogen) atoms. The van der Waals surface area contributed by atoms with Gasteiger partial charge in [-0.1, -0.05) is 40.7 Å². The van der Waals surface area contributed by atoms with Crippen LogP contribution in [0.25, 0.3) is 0 Å². The molecule has 0 radical (unpaired) electrons. The molecule has 0 aromatic rings. The van der Waals surface area contributed by atoms with Crippen LogP contribution in [0.2, 0.25) is 18.1 Å². The molecular formula is C13H28OSi. The lowest BCUT2D eigenvalue weighted by atomic mass is 10.1. The summed E-state index contributed by atoms with van der Waals surface area (Å²) in [6, 6.07) is 0. The summed E-state index contributed by atoms with van der Waals surface area (Å²) in [5, 5.41) is 0.293. The van der Waals surface area contributed by atoms with Gasteiger partial charge >= 0.3 is 0 Å². The highest BCUT2D eigenvalue weighted by Crippen LogP contribution is 2.38. The van der Waals surface area contributed by atoms with Crippen molar-refractivity contribution in [2.75, 3.05) is 0 Å². The van der Waals surface area contributed by atoms with Gasteiger partial charge in [0.2, 0.25) is 0 Å². The van der Waals surface area contributed by atoms with Crippen molar-refractivity contribution < 1.29 is 4.43 Å². The van der Waals surface area contributed by atoms with Gasteiger partial charge in [-0.2, -0.15) is 0 Å². The standard InChI is InChI=1S/C13H28OSi/c1-9-10-12(11(2)3)14-15(7,8)13(4,5)6/h9,11-12H,1,10H2,2-8H3. The van der Waals surface area contributed by atoms with Gasteiger partial charge in [0.15, 0.2) is 8.32 Å². The third-order valence-corrected chi connectivity index (χ3v) is 7.90. The fourth-order valence-corrected chi connectivity index (χ4v) is 2.65. The first-order valence-electron chi connectivity index (χ1n) is 5.90. The van der Waals surface area contributed by atoms with Crippen molar-refractivity contribution in [2.45, 2.75) is 65.3 Å². The van der Waals surface area contributed by atoms with E-state index in [0.717, 1.165) is 6.42 Å². The van der Waals surface area contributed by atoms with E-state index >= 15 is 0 Å². The Morgan fingerprint density at radius 3 is 2.00 bits per heavy atom. The van der Waals surface area contributed by atoms with Crippen molar-refractivity contribution in [2.24, 2.45) is 5.92 Å². The summed E-state index contributed by atoms with van der Waals surface area (Å²) in [5.74, 6) is 0.567. The Balaban J connectivity index is 4.59. The Morgan fingerprint density at radius 2 is 1.73 bits per heavy atom. The van der Waals surface area contributed by atoms with Crippen LogP contribution in [0.4, 0.5) is 0 Å². The van der Waals surface area contributed by atoms with Crippen molar-refractivity contribution in [1.29, 1.82) is 0 Å². The average Bonchev–Trinajstić information content (AvgIpc) is 2.00. The van der Waals surface area contributed by atoms with Crippen LogP contribution in [-0.4, -0.2) is 14.4 Å². The molecule has 0 amide bonds. The second kappa shape index (κ2) is 5.31.